The number of halogens is 1. The van der Waals surface area contributed by atoms with Crippen LogP contribution in [0, 0.1) is 0 Å². The van der Waals surface area contributed by atoms with Gasteiger partial charge in [0, 0.05) is 17.8 Å². The first-order valence-electron chi connectivity index (χ1n) is 8.53. The molecule has 0 bridgehead atoms. The number of rotatable bonds is 5. The van der Waals surface area contributed by atoms with E-state index in [1.165, 1.54) is 4.68 Å². The molecule has 0 aliphatic carbocycles. The largest absolute Gasteiger partial charge is 0.444 e. The molecule has 4 rings (SSSR count). The van der Waals surface area contributed by atoms with Crippen LogP contribution >= 0.6 is 15.9 Å². The van der Waals surface area contributed by atoms with Gasteiger partial charge in [0.1, 0.15) is 0 Å². The van der Waals surface area contributed by atoms with Crippen LogP contribution < -0.4 is 10.9 Å². The van der Waals surface area contributed by atoms with E-state index in [2.05, 4.69) is 31.3 Å². The first-order chi connectivity index (χ1) is 13.6. The first kappa shape index (κ1) is 18.1. The van der Waals surface area contributed by atoms with Crippen molar-refractivity contribution in [1.82, 2.24) is 20.1 Å². The topological polar surface area (TPSA) is 90.0 Å². The molecule has 0 saturated heterocycles. The van der Waals surface area contributed by atoms with Crippen LogP contribution in [-0.4, -0.2) is 20.7 Å². The average molecular weight is 439 g/mol. The standard InChI is InChI=1S/C20H15BrN4O3/c21-18-8-7-17(28-18)19(26)23-11-16-14-5-1-2-6-15(14)20(27)25(24-16)12-13-4-3-9-22-10-13/h1-10H,11-12H2,(H,23,26). The molecule has 0 spiro atoms. The highest BCUT2D eigenvalue weighted by molar-refractivity contribution is 9.10. The van der Waals surface area contributed by atoms with Crippen LogP contribution in [0.1, 0.15) is 21.8 Å². The summed E-state index contributed by atoms with van der Waals surface area (Å²) in [5.41, 5.74) is 1.27. The molecule has 0 aliphatic rings. The van der Waals surface area contributed by atoms with E-state index in [1.807, 2.05) is 24.3 Å². The number of hydrogen-bond acceptors (Lipinski definition) is 5. The average Bonchev–Trinajstić information content (AvgIpc) is 3.16. The highest BCUT2D eigenvalue weighted by Crippen LogP contribution is 2.16. The lowest BCUT2D eigenvalue weighted by Crippen LogP contribution is -2.28. The zero-order chi connectivity index (χ0) is 19.5. The third-order valence-electron chi connectivity index (χ3n) is 4.21. The molecule has 0 fully saturated rings. The molecule has 3 heterocycles. The minimum Gasteiger partial charge on any atom is -0.444 e. The zero-order valence-corrected chi connectivity index (χ0v) is 16.2. The number of aromatic nitrogens is 3. The summed E-state index contributed by atoms with van der Waals surface area (Å²) in [6.07, 6.45) is 3.37. The lowest BCUT2D eigenvalue weighted by atomic mass is 10.1. The number of nitrogens with zero attached hydrogens (tertiary/aromatic N) is 3. The number of furan rings is 1. The summed E-state index contributed by atoms with van der Waals surface area (Å²) >= 11 is 3.18. The van der Waals surface area contributed by atoms with Gasteiger partial charge in [-0.3, -0.25) is 14.6 Å². The fourth-order valence-electron chi connectivity index (χ4n) is 2.90. The molecule has 1 aromatic carbocycles. The van der Waals surface area contributed by atoms with Gasteiger partial charge in [-0.05, 0) is 45.8 Å². The molecule has 0 atom stereocenters. The Bertz CT molecular complexity index is 1200. The van der Waals surface area contributed by atoms with Crippen LogP contribution in [0.2, 0.25) is 0 Å². The van der Waals surface area contributed by atoms with E-state index in [1.54, 1.807) is 36.7 Å². The van der Waals surface area contributed by atoms with Crippen molar-refractivity contribution in [3.8, 4) is 0 Å². The van der Waals surface area contributed by atoms with Gasteiger partial charge in [-0.25, -0.2) is 4.68 Å². The molecule has 0 unspecified atom stereocenters. The second-order valence-corrected chi connectivity index (χ2v) is 6.88. The molecule has 4 aromatic rings. The van der Waals surface area contributed by atoms with E-state index in [-0.39, 0.29) is 23.8 Å². The van der Waals surface area contributed by atoms with Crippen molar-refractivity contribution in [2.45, 2.75) is 13.1 Å². The number of pyridine rings is 1. The molecule has 0 aliphatic heterocycles. The Morgan fingerprint density at radius 3 is 2.64 bits per heavy atom. The molecule has 0 saturated carbocycles. The molecule has 8 heteroatoms. The number of amides is 1. The Hall–Kier alpha value is -3.26. The lowest BCUT2D eigenvalue weighted by Gasteiger charge is -2.11. The van der Waals surface area contributed by atoms with E-state index >= 15 is 0 Å². The van der Waals surface area contributed by atoms with Gasteiger partial charge in [0.15, 0.2) is 10.4 Å². The van der Waals surface area contributed by atoms with E-state index < -0.39 is 0 Å². The smallest absolute Gasteiger partial charge is 0.287 e. The molecule has 0 radical (unpaired) electrons. The van der Waals surface area contributed by atoms with Crippen molar-refractivity contribution in [2.24, 2.45) is 0 Å². The molecule has 1 amide bonds. The van der Waals surface area contributed by atoms with Gasteiger partial charge in [0.25, 0.3) is 11.5 Å². The molecular weight excluding hydrogens is 424 g/mol. The molecule has 3 aromatic heterocycles. The molecule has 140 valence electrons. The maximum absolute atomic E-state index is 12.8. The number of carbonyl (C=O) groups is 1. The predicted octanol–water partition coefficient (Wildman–Crippen LogP) is 3.13. The van der Waals surface area contributed by atoms with Gasteiger partial charge in [-0.1, -0.05) is 24.3 Å². The van der Waals surface area contributed by atoms with Gasteiger partial charge in [0.05, 0.1) is 24.2 Å². The Balaban J connectivity index is 1.67. The number of nitrogens with one attached hydrogen (secondary N) is 1. The third kappa shape index (κ3) is 3.72. The number of benzene rings is 1. The third-order valence-corrected chi connectivity index (χ3v) is 4.64. The summed E-state index contributed by atoms with van der Waals surface area (Å²) < 4.78 is 7.14. The highest BCUT2D eigenvalue weighted by atomic mass is 79.9. The fourth-order valence-corrected chi connectivity index (χ4v) is 3.20. The van der Waals surface area contributed by atoms with Crippen molar-refractivity contribution in [3.05, 3.63) is 93.0 Å². The van der Waals surface area contributed by atoms with E-state index in [0.717, 1.165) is 5.56 Å². The number of hydrogen-bond donors (Lipinski definition) is 1. The summed E-state index contributed by atoms with van der Waals surface area (Å²) in [4.78, 5) is 29.2. The van der Waals surface area contributed by atoms with Crippen LogP contribution in [0.5, 0.6) is 0 Å². The van der Waals surface area contributed by atoms with Crippen molar-refractivity contribution in [1.29, 1.82) is 0 Å². The first-order valence-corrected chi connectivity index (χ1v) is 9.32. The Labute approximate surface area is 168 Å². The SMILES string of the molecule is O=C(NCc1nn(Cc2cccnc2)c(=O)c2ccccc12)c1ccc(Br)o1. The zero-order valence-electron chi connectivity index (χ0n) is 14.6. The van der Waals surface area contributed by atoms with Crippen molar-refractivity contribution in [3.63, 3.8) is 0 Å². The quantitative estimate of drug-likeness (QED) is 0.516. The summed E-state index contributed by atoms with van der Waals surface area (Å²) in [6.45, 7) is 0.453. The van der Waals surface area contributed by atoms with E-state index in [4.69, 9.17) is 4.42 Å². The van der Waals surface area contributed by atoms with Crippen LogP contribution in [0.3, 0.4) is 0 Å². The molecule has 28 heavy (non-hydrogen) atoms. The molecule has 1 N–H and O–H groups in total. The maximum atomic E-state index is 12.8. The summed E-state index contributed by atoms with van der Waals surface area (Å²) in [7, 11) is 0. The molecular formula is C20H15BrN4O3. The van der Waals surface area contributed by atoms with Gasteiger partial charge in [0.2, 0.25) is 0 Å². The monoisotopic (exact) mass is 438 g/mol. The van der Waals surface area contributed by atoms with Gasteiger partial charge < -0.3 is 9.73 Å². The summed E-state index contributed by atoms with van der Waals surface area (Å²) in [5.74, 6) is -0.165. The summed E-state index contributed by atoms with van der Waals surface area (Å²) in [6, 6.07) is 14.1. The minimum absolute atomic E-state index is 0.158. The normalized spacial score (nSPS) is 10.9. The Morgan fingerprint density at radius 2 is 1.93 bits per heavy atom. The van der Waals surface area contributed by atoms with Crippen molar-refractivity contribution >= 4 is 32.6 Å². The lowest BCUT2D eigenvalue weighted by molar-refractivity contribution is 0.0921. The Kier molecular flexibility index (Phi) is 5.03. The van der Waals surface area contributed by atoms with Crippen LogP contribution in [0.15, 0.2) is 74.8 Å². The van der Waals surface area contributed by atoms with Crippen molar-refractivity contribution in [2.75, 3.05) is 0 Å². The number of fused-ring (bicyclic) bond motifs is 1. The fraction of sp³-hybridized carbons (Fsp3) is 0.100. The second kappa shape index (κ2) is 7.77. The number of carbonyl (C=O) groups excluding carboxylic acids is 1. The van der Waals surface area contributed by atoms with Gasteiger partial charge in [-0.2, -0.15) is 5.10 Å². The predicted molar refractivity (Wildman–Crippen MR) is 107 cm³/mol. The van der Waals surface area contributed by atoms with Gasteiger partial charge in [-0.15, -0.1) is 0 Å². The van der Waals surface area contributed by atoms with E-state index in [9.17, 15) is 9.59 Å². The highest BCUT2D eigenvalue weighted by Gasteiger charge is 2.14. The van der Waals surface area contributed by atoms with Crippen LogP contribution in [0.4, 0.5) is 0 Å². The Morgan fingerprint density at radius 1 is 1.11 bits per heavy atom. The maximum Gasteiger partial charge on any atom is 0.287 e. The van der Waals surface area contributed by atoms with Crippen molar-refractivity contribution < 1.29 is 9.21 Å². The molecule has 7 nitrogen and oxygen atoms in total. The van der Waals surface area contributed by atoms with Crippen LogP contribution in [-0.2, 0) is 13.1 Å². The van der Waals surface area contributed by atoms with Crippen LogP contribution in [0.25, 0.3) is 10.8 Å². The van der Waals surface area contributed by atoms with E-state index in [0.29, 0.717) is 27.7 Å². The minimum atomic E-state index is -0.360. The summed E-state index contributed by atoms with van der Waals surface area (Å²) in [5, 5.41) is 8.53. The van der Waals surface area contributed by atoms with Gasteiger partial charge >= 0.3 is 0 Å². The second-order valence-electron chi connectivity index (χ2n) is 6.10.